The number of hydrogen-bond acceptors (Lipinski definition) is 8. The number of ketones is 1. The molecule has 0 bridgehead atoms. The van der Waals surface area contributed by atoms with Gasteiger partial charge in [-0.25, -0.2) is 0 Å². The van der Waals surface area contributed by atoms with Crippen molar-refractivity contribution in [2.45, 2.75) is 167 Å². The van der Waals surface area contributed by atoms with Crippen LogP contribution in [0.15, 0.2) is 24.3 Å². The van der Waals surface area contributed by atoms with Crippen LogP contribution >= 0.6 is 0 Å². The minimum atomic E-state index is -0.854. The molecule has 3 N–H and O–H groups in total. The van der Waals surface area contributed by atoms with Crippen molar-refractivity contribution in [3.05, 3.63) is 24.3 Å². The molecule has 0 amide bonds. The van der Waals surface area contributed by atoms with E-state index in [2.05, 4.69) is 13.8 Å². The maximum atomic E-state index is 12.4. The summed E-state index contributed by atoms with van der Waals surface area (Å²) in [5.74, 6) is -1.37. The van der Waals surface area contributed by atoms with Gasteiger partial charge in [-0.3, -0.25) is 14.4 Å². The second-order valence-electron chi connectivity index (χ2n) is 12.7. The van der Waals surface area contributed by atoms with E-state index in [1.807, 2.05) is 12.2 Å². The fourth-order valence-electron chi connectivity index (χ4n) is 5.77. The summed E-state index contributed by atoms with van der Waals surface area (Å²) >= 11 is 0. The molecule has 0 saturated heterocycles. The molecule has 45 heavy (non-hydrogen) atoms. The Bertz CT molecular complexity index is 838. The van der Waals surface area contributed by atoms with Crippen LogP contribution < -0.4 is 0 Å². The molecule has 0 heterocycles. The first-order valence-corrected chi connectivity index (χ1v) is 18.0. The van der Waals surface area contributed by atoms with Crippen molar-refractivity contribution in [1.29, 1.82) is 0 Å². The third-order valence-corrected chi connectivity index (χ3v) is 8.62. The zero-order chi connectivity index (χ0) is 33.1. The van der Waals surface area contributed by atoms with E-state index in [-0.39, 0.29) is 43.0 Å². The molecule has 1 aliphatic carbocycles. The summed E-state index contributed by atoms with van der Waals surface area (Å²) in [4.78, 5) is 36.7. The number of aliphatic hydroxyl groups is 3. The van der Waals surface area contributed by atoms with E-state index in [4.69, 9.17) is 9.47 Å². The number of rotatable bonds is 28. The molecule has 0 unspecified atom stereocenters. The molecule has 0 aromatic carbocycles. The molecule has 0 aromatic heterocycles. The van der Waals surface area contributed by atoms with Crippen LogP contribution in [0.25, 0.3) is 0 Å². The van der Waals surface area contributed by atoms with Gasteiger partial charge in [0.05, 0.1) is 18.8 Å². The molecule has 5 atom stereocenters. The zero-order valence-electron chi connectivity index (χ0n) is 28.3. The van der Waals surface area contributed by atoms with Crippen molar-refractivity contribution in [2.24, 2.45) is 11.8 Å². The van der Waals surface area contributed by atoms with Crippen molar-refractivity contribution in [3.63, 3.8) is 0 Å². The summed E-state index contributed by atoms with van der Waals surface area (Å²) in [5, 5.41) is 30.0. The van der Waals surface area contributed by atoms with Crippen molar-refractivity contribution >= 4 is 17.7 Å². The van der Waals surface area contributed by atoms with Crippen LogP contribution in [-0.4, -0.2) is 64.6 Å². The fourth-order valence-corrected chi connectivity index (χ4v) is 5.77. The first-order valence-electron chi connectivity index (χ1n) is 18.0. The molecular weight excluding hydrogens is 572 g/mol. The average Bonchev–Trinajstić information content (AvgIpc) is 3.29. The number of ether oxygens (including phenoxy) is 2. The Morgan fingerprint density at radius 3 is 2.09 bits per heavy atom. The minimum absolute atomic E-state index is 0.0313. The number of hydrogen-bond donors (Lipinski definition) is 3. The number of esters is 2. The lowest BCUT2D eigenvalue weighted by atomic mass is 9.90. The minimum Gasteiger partial charge on any atom is -0.462 e. The standard InChI is InChI=1S/C37H64O8/c1-3-5-7-8-9-10-11-12-13-14-20-24-37(43)45-31(28-38)29-44-36(42)23-19-16-15-18-22-32-33(35(41)27-34(32)40)26-25-30(39)21-17-6-4-2/h15,18,25-26,30-33,35,38-39,41H,3-14,16-17,19-24,27-29H2,1-2H3/b18-15-,26-25+/t30-,31-,32+,33+,35+/m0/s1. The van der Waals surface area contributed by atoms with Gasteiger partial charge < -0.3 is 24.8 Å². The fraction of sp³-hybridized carbons (Fsp3) is 0.811. The Morgan fingerprint density at radius 1 is 0.844 bits per heavy atom. The Kier molecular flexibility index (Phi) is 24.7. The number of carbonyl (C=O) groups is 3. The topological polar surface area (TPSA) is 130 Å². The normalized spacial score (nSPS) is 19.8. The highest BCUT2D eigenvalue weighted by atomic mass is 16.6. The van der Waals surface area contributed by atoms with Crippen LogP contribution in [0.3, 0.4) is 0 Å². The summed E-state index contributed by atoms with van der Waals surface area (Å²) in [6.07, 6.45) is 24.5. The number of unbranched alkanes of at least 4 members (excludes halogenated alkanes) is 13. The molecule has 1 fully saturated rings. The van der Waals surface area contributed by atoms with Crippen molar-refractivity contribution in [1.82, 2.24) is 0 Å². The molecule has 260 valence electrons. The highest BCUT2D eigenvalue weighted by Crippen LogP contribution is 2.33. The van der Waals surface area contributed by atoms with Crippen LogP contribution in [0.1, 0.15) is 149 Å². The highest BCUT2D eigenvalue weighted by molar-refractivity contribution is 5.84. The molecule has 0 aromatic rings. The monoisotopic (exact) mass is 636 g/mol. The first-order chi connectivity index (χ1) is 21.8. The Labute approximate surface area is 273 Å². The lowest BCUT2D eigenvalue weighted by Crippen LogP contribution is -2.28. The van der Waals surface area contributed by atoms with Crippen molar-refractivity contribution in [2.75, 3.05) is 13.2 Å². The number of carbonyl (C=O) groups excluding carboxylic acids is 3. The van der Waals surface area contributed by atoms with Gasteiger partial charge in [0.25, 0.3) is 0 Å². The van der Waals surface area contributed by atoms with E-state index in [0.717, 1.165) is 38.5 Å². The first kappa shape index (κ1) is 41.0. The third kappa shape index (κ3) is 20.7. The van der Waals surface area contributed by atoms with E-state index in [0.29, 0.717) is 32.1 Å². The SMILES string of the molecule is CCCCCCCCCCCCCC(=O)O[C@@H](CO)COC(=O)CCC/C=C\C[C@H]1C(=O)C[C@@H](O)[C@@H]1/C=C/[C@@H](O)CCCCC. The van der Waals surface area contributed by atoms with Crippen LogP contribution in [0.4, 0.5) is 0 Å². The van der Waals surface area contributed by atoms with Gasteiger partial charge >= 0.3 is 11.9 Å². The van der Waals surface area contributed by atoms with E-state index in [1.54, 1.807) is 12.2 Å². The van der Waals surface area contributed by atoms with E-state index in [9.17, 15) is 29.7 Å². The van der Waals surface area contributed by atoms with Crippen LogP contribution in [0.5, 0.6) is 0 Å². The molecule has 1 rings (SSSR count). The van der Waals surface area contributed by atoms with E-state index < -0.39 is 30.9 Å². The summed E-state index contributed by atoms with van der Waals surface area (Å²) in [6, 6.07) is 0. The Balaban J connectivity index is 2.18. The van der Waals surface area contributed by atoms with Crippen LogP contribution in [0, 0.1) is 11.8 Å². The Morgan fingerprint density at radius 2 is 1.44 bits per heavy atom. The number of allylic oxidation sites excluding steroid dienone is 2. The Hall–Kier alpha value is -2.03. The quantitative estimate of drug-likeness (QED) is 0.0463. The second kappa shape index (κ2) is 27.1. The molecule has 1 saturated carbocycles. The zero-order valence-corrected chi connectivity index (χ0v) is 28.3. The largest absolute Gasteiger partial charge is 0.462 e. The van der Waals surface area contributed by atoms with Crippen molar-refractivity contribution in [3.8, 4) is 0 Å². The van der Waals surface area contributed by atoms with Crippen LogP contribution in [0.2, 0.25) is 0 Å². The van der Waals surface area contributed by atoms with Gasteiger partial charge in [0.2, 0.25) is 0 Å². The van der Waals surface area contributed by atoms with Gasteiger partial charge in [0, 0.05) is 31.1 Å². The van der Waals surface area contributed by atoms with Gasteiger partial charge in [-0.1, -0.05) is 122 Å². The maximum Gasteiger partial charge on any atom is 0.306 e. The maximum absolute atomic E-state index is 12.4. The predicted octanol–water partition coefficient (Wildman–Crippen LogP) is 7.31. The summed E-state index contributed by atoms with van der Waals surface area (Å²) < 4.78 is 10.5. The summed E-state index contributed by atoms with van der Waals surface area (Å²) in [6.45, 7) is 3.78. The number of Topliss-reactive ketones (excluding diaryl/α,β-unsaturated/α-hetero) is 1. The molecule has 1 aliphatic rings. The van der Waals surface area contributed by atoms with Gasteiger partial charge in [0.15, 0.2) is 6.10 Å². The van der Waals surface area contributed by atoms with Crippen LogP contribution in [-0.2, 0) is 23.9 Å². The van der Waals surface area contributed by atoms with Gasteiger partial charge in [-0.05, 0) is 32.1 Å². The molecule has 8 nitrogen and oxygen atoms in total. The third-order valence-electron chi connectivity index (χ3n) is 8.62. The molecule has 0 radical (unpaired) electrons. The molecular formula is C37H64O8. The smallest absolute Gasteiger partial charge is 0.306 e. The highest BCUT2D eigenvalue weighted by Gasteiger charge is 2.39. The average molecular weight is 637 g/mol. The van der Waals surface area contributed by atoms with E-state index in [1.165, 1.54) is 51.4 Å². The summed E-state index contributed by atoms with van der Waals surface area (Å²) in [7, 11) is 0. The summed E-state index contributed by atoms with van der Waals surface area (Å²) in [5.41, 5.74) is 0. The lowest BCUT2D eigenvalue weighted by molar-refractivity contribution is -0.161. The molecule has 0 aliphatic heterocycles. The van der Waals surface area contributed by atoms with Gasteiger partial charge in [-0.15, -0.1) is 0 Å². The number of aliphatic hydroxyl groups excluding tert-OH is 3. The second-order valence-corrected chi connectivity index (χ2v) is 12.7. The van der Waals surface area contributed by atoms with Gasteiger partial charge in [-0.2, -0.15) is 0 Å². The van der Waals surface area contributed by atoms with E-state index >= 15 is 0 Å². The van der Waals surface area contributed by atoms with Gasteiger partial charge in [0.1, 0.15) is 12.4 Å². The molecule has 0 spiro atoms. The lowest BCUT2D eigenvalue weighted by Gasteiger charge is -2.16. The van der Waals surface area contributed by atoms with Crippen molar-refractivity contribution < 1.29 is 39.2 Å². The predicted molar refractivity (Wildman–Crippen MR) is 179 cm³/mol. The molecule has 8 heteroatoms.